The molecular formula is C19H20N2O4S. The van der Waals surface area contributed by atoms with Gasteiger partial charge in [0, 0.05) is 7.05 Å². The third-order valence-corrected chi connectivity index (χ3v) is 5.02. The molecule has 26 heavy (non-hydrogen) atoms. The molecule has 0 bridgehead atoms. The summed E-state index contributed by atoms with van der Waals surface area (Å²) >= 11 is 1.43. The van der Waals surface area contributed by atoms with E-state index >= 15 is 0 Å². The quantitative estimate of drug-likeness (QED) is 0.689. The van der Waals surface area contributed by atoms with E-state index in [0.29, 0.717) is 28.5 Å². The van der Waals surface area contributed by atoms with Crippen molar-refractivity contribution < 1.29 is 19.0 Å². The summed E-state index contributed by atoms with van der Waals surface area (Å²) in [5, 5.41) is 0. The molecule has 1 amide bonds. The number of ether oxygens (including phenoxy) is 3. The third-order valence-electron chi connectivity index (χ3n) is 3.93. The summed E-state index contributed by atoms with van der Waals surface area (Å²) in [6.45, 7) is 2.55. The van der Waals surface area contributed by atoms with Gasteiger partial charge in [-0.05, 0) is 43.3 Å². The van der Waals surface area contributed by atoms with Gasteiger partial charge in [0.15, 0.2) is 4.80 Å². The van der Waals surface area contributed by atoms with Gasteiger partial charge in [-0.25, -0.2) is 0 Å². The van der Waals surface area contributed by atoms with Gasteiger partial charge in [0.2, 0.25) is 0 Å². The van der Waals surface area contributed by atoms with E-state index in [9.17, 15) is 4.79 Å². The maximum absolute atomic E-state index is 12.7. The minimum Gasteiger partial charge on any atom is -0.497 e. The number of amides is 1. The largest absolute Gasteiger partial charge is 0.497 e. The first kappa shape index (κ1) is 18.0. The second-order valence-corrected chi connectivity index (χ2v) is 6.50. The van der Waals surface area contributed by atoms with Gasteiger partial charge in [-0.2, -0.15) is 4.99 Å². The van der Waals surface area contributed by atoms with Gasteiger partial charge >= 0.3 is 0 Å². The first-order valence-electron chi connectivity index (χ1n) is 8.10. The number of carbonyl (C=O) groups excluding carboxylic acids is 1. The molecule has 0 aliphatic heterocycles. The molecule has 6 nitrogen and oxygen atoms in total. The summed E-state index contributed by atoms with van der Waals surface area (Å²) in [5.41, 5.74) is 1.35. The highest BCUT2D eigenvalue weighted by Gasteiger charge is 2.14. The van der Waals surface area contributed by atoms with E-state index in [1.165, 1.54) is 18.4 Å². The Morgan fingerprint density at radius 1 is 1.12 bits per heavy atom. The highest BCUT2D eigenvalue weighted by Crippen LogP contribution is 2.25. The SMILES string of the molecule is CCOc1ccc2c(c1)sc(=NC(=O)c1cc(OC)ccc1OC)n2C. The second-order valence-electron chi connectivity index (χ2n) is 5.49. The van der Waals surface area contributed by atoms with Gasteiger partial charge in [0.1, 0.15) is 17.2 Å². The Bertz CT molecular complexity index is 1020. The summed E-state index contributed by atoms with van der Waals surface area (Å²) in [7, 11) is 4.95. The van der Waals surface area contributed by atoms with Crippen molar-refractivity contribution in [2.24, 2.45) is 12.0 Å². The highest BCUT2D eigenvalue weighted by atomic mass is 32.1. The number of aryl methyl sites for hydroxylation is 1. The van der Waals surface area contributed by atoms with Crippen molar-refractivity contribution in [1.82, 2.24) is 4.57 Å². The normalized spacial score (nSPS) is 11.6. The lowest BCUT2D eigenvalue weighted by molar-refractivity contribution is 0.0994. The number of methoxy groups -OCH3 is 2. The molecule has 2 aromatic carbocycles. The zero-order valence-electron chi connectivity index (χ0n) is 15.1. The molecule has 0 aliphatic carbocycles. The Hall–Kier alpha value is -2.80. The average molecular weight is 372 g/mol. The van der Waals surface area contributed by atoms with Crippen LogP contribution in [0.1, 0.15) is 17.3 Å². The number of hydrogen-bond acceptors (Lipinski definition) is 5. The standard InChI is InChI=1S/C19H20N2O4S/c1-5-25-13-6-8-15-17(11-13)26-19(21(15)2)20-18(22)14-10-12(23-3)7-9-16(14)24-4/h6-11H,5H2,1-4H3. The van der Waals surface area contributed by atoms with Crippen molar-refractivity contribution in [3.8, 4) is 17.2 Å². The van der Waals surface area contributed by atoms with Crippen LogP contribution in [0.2, 0.25) is 0 Å². The molecular weight excluding hydrogens is 352 g/mol. The fourth-order valence-electron chi connectivity index (χ4n) is 2.61. The number of hydrogen-bond donors (Lipinski definition) is 0. The third kappa shape index (κ3) is 3.43. The average Bonchev–Trinajstić information content (AvgIpc) is 2.96. The lowest BCUT2D eigenvalue weighted by Gasteiger charge is -2.07. The van der Waals surface area contributed by atoms with Crippen LogP contribution in [0.4, 0.5) is 0 Å². The van der Waals surface area contributed by atoms with Crippen LogP contribution in [0.15, 0.2) is 41.4 Å². The van der Waals surface area contributed by atoms with Crippen LogP contribution >= 0.6 is 11.3 Å². The van der Waals surface area contributed by atoms with Crippen LogP contribution in [-0.4, -0.2) is 31.3 Å². The number of aromatic nitrogens is 1. The second kappa shape index (κ2) is 7.61. The minimum atomic E-state index is -0.382. The predicted octanol–water partition coefficient (Wildman–Crippen LogP) is 3.40. The Kier molecular flexibility index (Phi) is 5.27. The highest BCUT2D eigenvalue weighted by molar-refractivity contribution is 7.16. The van der Waals surface area contributed by atoms with Crippen molar-refractivity contribution in [3.05, 3.63) is 46.8 Å². The number of nitrogens with zero attached hydrogens (tertiary/aromatic N) is 2. The van der Waals surface area contributed by atoms with Gasteiger partial charge in [-0.1, -0.05) is 11.3 Å². The number of benzene rings is 2. The molecule has 1 heterocycles. The lowest BCUT2D eigenvalue weighted by Crippen LogP contribution is -2.13. The molecule has 7 heteroatoms. The van der Waals surface area contributed by atoms with E-state index in [1.807, 2.05) is 36.7 Å². The number of carbonyl (C=O) groups is 1. The zero-order valence-corrected chi connectivity index (χ0v) is 15.9. The van der Waals surface area contributed by atoms with E-state index < -0.39 is 0 Å². The number of fused-ring (bicyclic) bond motifs is 1. The van der Waals surface area contributed by atoms with Crippen molar-refractivity contribution in [2.75, 3.05) is 20.8 Å². The molecule has 3 aromatic rings. The van der Waals surface area contributed by atoms with Crippen LogP contribution < -0.4 is 19.0 Å². The van der Waals surface area contributed by atoms with Crippen molar-refractivity contribution in [2.45, 2.75) is 6.92 Å². The van der Waals surface area contributed by atoms with E-state index in [1.54, 1.807) is 25.3 Å². The predicted molar refractivity (Wildman–Crippen MR) is 101 cm³/mol. The maximum atomic E-state index is 12.7. The molecule has 0 atom stereocenters. The molecule has 0 saturated heterocycles. The first-order chi connectivity index (χ1) is 12.6. The summed E-state index contributed by atoms with van der Waals surface area (Å²) in [6.07, 6.45) is 0. The Labute approximate surface area is 155 Å². The molecule has 0 fully saturated rings. The van der Waals surface area contributed by atoms with Crippen LogP contribution in [0.3, 0.4) is 0 Å². The molecule has 0 aliphatic rings. The molecule has 0 N–H and O–H groups in total. The summed E-state index contributed by atoms with van der Waals surface area (Å²) < 4.78 is 18.9. The van der Waals surface area contributed by atoms with Gasteiger partial charge in [-0.15, -0.1) is 0 Å². The Morgan fingerprint density at radius 3 is 2.58 bits per heavy atom. The van der Waals surface area contributed by atoms with E-state index in [4.69, 9.17) is 14.2 Å². The summed E-state index contributed by atoms with van der Waals surface area (Å²) in [5.74, 6) is 1.45. The van der Waals surface area contributed by atoms with E-state index in [0.717, 1.165) is 16.0 Å². The van der Waals surface area contributed by atoms with Crippen molar-refractivity contribution in [1.29, 1.82) is 0 Å². The van der Waals surface area contributed by atoms with Crippen LogP contribution in [-0.2, 0) is 7.05 Å². The van der Waals surface area contributed by atoms with Gasteiger partial charge in [0.05, 0.1) is 36.6 Å². The van der Waals surface area contributed by atoms with Crippen LogP contribution in [0.5, 0.6) is 17.2 Å². The van der Waals surface area contributed by atoms with Gasteiger partial charge < -0.3 is 18.8 Å². The monoisotopic (exact) mass is 372 g/mol. The molecule has 0 unspecified atom stereocenters. The van der Waals surface area contributed by atoms with E-state index in [-0.39, 0.29) is 5.91 Å². The number of thiazole rings is 1. The van der Waals surface area contributed by atoms with Gasteiger partial charge in [0.25, 0.3) is 5.91 Å². The minimum absolute atomic E-state index is 0.360. The fourth-order valence-corrected chi connectivity index (χ4v) is 3.65. The van der Waals surface area contributed by atoms with Crippen LogP contribution in [0, 0.1) is 0 Å². The molecule has 3 rings (SSSR count). The molecule has 136 valence electrons. The van der Waals surface area contributed by atoms with Crippen LogP contribution in [0.25, 0.3) is 10.2 Å². The molecule has 0 radical (unpaired) electrons. The smallest absolute Gasteiger partial charge is 0.283 e. The topological polar surface area (TPSA) is 62.1 Å². The van der Waals surface area contributed by atoms with Gasteiger partial charge in [-0.3, -0.25) is 4.79 Å². The first-order valence-corrected chi connectivity index (χ1v) is 8.92. The van der Waals surface area contributed by atoms with Crippen molar-refractivity contribution >= 4 is 27.5 Å². The number of rotatable bonds is 5. The zero-order chi connectivity index (χ0) is 18.7. The lowest BCUT2D eigenvalue weighted by atomic mass is 10.2. The Morgan fingerprint density at radius 2 is 1.88 bits per heavy atom. The molecule has 0 spiro atoms. The Balaban J connectivity index is 2.07. The molecule has 0 saturated carbocycles. The van der Waals surface area contributed by atoms with Crippen molar-refractivity contribution in [3.63, 3.8) is 0 Å². The molecule has 1 aromatic heterocycles. The van der Waals surface area contributed by atoms with E-state index in [2.05, 4.69) is 4.99 Å². The fraction of sp³-hybridized carbons (Fsp3) is 0.263. The maximum Gasteiger partial charge on any atom is 0.283 e. The summed E-state index contributed by atoms with van der Waals surface area (Å²) in [6, 6.07) is 10.9. The summed E-state index contributed by atoms with van der Waals surface area (Å²) in [4.78, 5) is 17.6.